The number of nitrogens with two attached hydrogens (primary N) is 1. The van der Waals surface area contributed by atoms with Crippen LogP contribution < -0.4 is 5.73 Å². The lowest BCUT2D eigenvalue weighted by atomic mass is 9.82. The molecule has 0 spiro atoms. The largest absolute Gasteiger partial charge is 0.401 e. The lowest BCUT2D eigenvalue weighted by Gasteiger charge is -2.48. The lowest BCUT2D eigenvalue weighted by molar-refractivity contribution is -0.0739. The summed E-state index contributed by atoms with van der Waals surface area (Å²) >= 11 is 1.95. The van der Waals surface area contributed by atoms with Crippen LogP contribution in [0.2, 0.25) is 0 Å². The van der Waals surface area contributed by atoms with Crippen LogP contribution in [-0.2, 0) is 4.74 Å². The number of rotatable bonds is 5. The van der Waals surface area contributed by atoms with Gasteiger partial charge >= 0.3 is 0 Å². The third-order valence-corrected chi connectivity index (χ3v) is 9.18. The minimum absolute atomic E-state index is 0.400. The van der Waals surface area contributed by atoms with Crippen molar-refractivity contribution >= 4 is 27.2 Å². The molecule has 2 fully saturated rings. The highest BCUT2D eigenvalue weighted by Crippen LogP contribution is 2.48. The first-order valence-electron chi connectivity index (χ1n) is 12.5. The van der Waals surface area contributed by atoms with Crippen molar-refractivity contribution in [3.05, 3.63) is 52.4 Å². The molecular formula is C27H34N6OS. The van der Waals surface area contributed by atoms with Crippen LogP contribution in [0.4, 0.5) is 0 Å². The van der Waals surface area contributed by atoms with E-state index in [0.717, 1.165) is 55.1 Å². The Morgan fingerprint density at radius 1 is 1.29 bits per heavy atom. The predicted molar refractivity (Wildman–Crippen MR) is 142 cm³/mol. The van der Waals surface area contributed by atoms with Crippen LogP contribution >= 0.6 is 11.3 Å². The molecular weight excluding hydrogens is 456 g/mol. The van der Waals surface area contributed by atoms with E-state index in [0.29, 0.717) is 23.9 Å². The second-order valence-corrected chi connectivity index (χ2v) is 11.7. The van der Waals surface area contributed by atoms with Gasteiger partial charge in [0.1, 0.15) is 11.2 Å². The quantitative estimate of drug-likeness (QED) is 0.407. The molecule has 0 aromatic carbocycles. The van der Waals surface area contributed by atoms with E-state index in [4.69, 9.17) is 10.5 Å². The maximum Gasteiger partial charge on any atom is 0.158 e. The second-order valence-electron chi connectivity index (χ2n) is 10.6. The van der Waals surface area contributed by atoms with Gasteiger partial charge < -0.3 is 15.5 Å². The Morgan fingerprint density at radius 3 is 2.71 bits per heavy atom. The SMILES string of the molecule is C=C(N)CN1C2COCC1CC(c1sc3[nH]c(-c4cc(C)c5ncnn5c4)c(C(C)C)c3c1C)C2. The Bertz CT molecular complexity index is 1410. The molecule has 2 saturated heterocycles. The minimum Gasteiger partial charge on any atom is -0.401 e. The number of fused-ring (bicyclic) bond motifs is 4. The number of morpholine rings is 1. The number of aryl methyl sites for hydroxylation is 2. The average Bonchev–Trinajstić information content (AvgIpc) is 3.48. The summed E-state index contributed by atoms with van der Waals surface area (Å²) in [6, 6.07) is 3.04. The highest BCUT2D eigenvalue weighted by molar-refractivity contribution is 7.19. The molecule has 6 rings (SSSR count). The van der Waals surface area contributed by atoms with E-state index in [1.165, 1.54) is 31.9 Å². The summed E-state index contributed by atoms with van der Waals surface area (Å²) in [5.41, 5.74) is 14.0. The van der Waals surface area contributed by atoms with Crippen molar-refractivity contribution < 1.29 is 4.74 Å². The number of hydrogen-bond acceptors (Lipinski definition) is 6. The molecule has 7 nitrogen and oxygen atoms in total. The highest BCUT2D eigenvalue weighted by Gasteiger charge is 2.40. The summed E-state index contributed by atoms with van der Waals surface area (Å²) in [5, 5.41) is 5.80. The first-order valence-corrected chi connectivity index (χ1v) is 13.3. The summed E-state index contributed by atoms with van der Waals surface area (Å²) in [6.45, 7) is 15.3. The number of ether oxygens (including phenoxy) is 1. The number of aromatic amines is 1. The zero-order valence-corrected chi connectivity index (χ0v) is 21.8. The van der Waals surface area contributed by atoms with Crippen LogP contribution in [-0.4, -0.2) is 56.3 Å². The molecule has 0 saturated carbocycles. The zero-order chi connectivity index (χ0) is 24.4. The van der Waals surface area contributed by atoms with E-state index in [2.05, 4.69) is 66.5 Å². The first kappa shape index (κ1) is 22.8. The number of hydrogen-bond donors (Lipinski definition) is 2. The molecule has 2 atom stereocenters. The van der Waals surface area contributed by atoms with Gasteiger partial charge in [-0.05, 0) is 61.3 Å². The second kappa shape index (κ2) is 8.47. The monoisotopic (exact) mass is 490 g/mol. The number of pyridine rings is 1. The smallest absolute Gasteiger partial charge is 0.158 e. The molecule has 0 aliphatic carbocycles. The molecule has 184 valence electrons. The van der Waals surface area contributed by atoms with Gasteiger partial charge in [0, 0.05) is 46.3 Å². The molecule has 0 radical (unpaired) electrons. The van der Waals surface area contributed by atoms with Crippen molar-refractivity contribution in [3.63, 3.8) is 0 Å². The molecule has 2 bridgehead atoms. The minimum atomic E-state index is 0.400. The van der Waals surface area contributed by atoms with E-state index in [1.807, 2.05) is 15.9 Å². The Morgan fingerprint density at radius 2 is 2.03 bits per heavy atom. The number of thiophene rings is 1. The fourth-order valence-electron chi connectivity index (χ4n) is 6.37. The van der Waals surface area contributed by atoms with Crippen LogP contribution in [0.3, 0.4) is 0 Å². The van der Waals surface area contributed by atoms with E-state index in [9.17, 15) is 0 Å². The van der Waals surface area contributed by atoms with Crippen molar-refractivity contribution in [1.82, 2.24) is 24.5 Å². The number of H-pyrrole nitrogens is 1. The topological polar surface area (TPSA) is 84.5 Å². The zero-order valence-electron chi connectivity index (χ0n) is 21.0. The summed E-state index contributed by atoms with van der Waals surface area (Å²) < 4.78 is 7.81. The first-order chi connectivity index (χ1) is 16.8. The van der Waals surface area contributed by atoms with Crippen LogP contribution in [0.1, 0.15) is 60.1 Å². The molecule has 2 aliphatic rings. The molecule has 2 unspecified atom stereocenters. The normalized spacial score (nSPS) is 23.1. The van der Waals surface area contributed by atoms with Gasteiger partial charge in [-0.1, -0.05) is 20.4 Å². The lowest BCUT2D eigenvalue weighted by Crippen LogP contribution is -2.57. The van der Waals surface area contributed by atoms with Crippen molar-refractivity contribution in [2.24, 2.45) is 5.73 Å². The van der Waals surface area contributed by atoms with E-state index in [-0.39, 0.29) is 0 Å². The van der Waals surface area contributed by atoms with E-state index < -0.39 is 0 Å². The standard InChI is InChI=1S/C27H34N6OS/c1-14(2)22-23-17(5)25(18-7-20-11-34-12-21(8-18)32(20)9-16(4)28)35-27(23)31-24(22)19-6-15(3)26-29-13-30-33(26)10-19/h6,10,13-14,18,20-21,31H,4,7-9,11-12,28H2,1-3,5H3. The van der Waals surface area contributed by atoms with Gasteiger partial charge in [-0.25, -0.2) is 9.50 Å². The molecule has 2 aliphatic heterocycles. The Kier molecular flexibility index (Phi) is 5.51. The molecule has 8 heteroatoms. The van der Waals surface area contributed by atoms with Crippen LogP contribution in [0.5, 0.6) is 0 Å². The number of piperidine rings is 1. The molecule has 3 N–H and O–H groups in total. The van der Waals surface area contributed by atoms with Crippen molar-refractivity contribution in [2.75, 3.05) is 19.8 Å². The third-order valence-electron chi connectivity index (χ3n) is 7.81. The maximum absolute atomic E-state index is 5.99. The van der Waals surface area contributed by atoms with Crippen LogP contribution in [0, 0.1) is 13.8 Å². The van der Waals surface area contributed by atoms with Gasteiger partial charge in [-0.2, -0.15) is 5.10 Å². The molecule has 6 heterocycles. The summed E-state index contributed by atoms with van der Waals surface area (Å²) in [4.78, 5) is 13.6. The predicted octanol–water partition coefficient (Wildman–Crippen LogP) is 5.10. The fourth-order valence-corrected chi connectivity index (χ4v) is 7.72. The highest BCUT2D eigenvalue weighted by atomic mass is 32.1. The summed E-state index contributed by atoms with van der Waals surface area (Å²) in [6.07, 6.45) is 5.93. The fraction of sp³-hybridized carbons (Fsp3) is 0.481. The number of nitrogens with one attached hydrogen (secondary N) is 1. The van der Waals surface area contributed by atoms with Crippen molar-refractivity contribution in [3.8, 4) is 11.3 Å². The van der Waals surface area contributed by atoms with Gasteiger partial charge in [0.25, 0.3) is 0 Å². The van der Waals surface area contributed by atoms with E-state index in [1.54, 1.807) is 6.33 Å². The van der Waals surface area contributed by atoms with Gasteiger partial charge in [0.15, 0.2) is 5.65 Å². The van der Waals surface area contributed by atoms with Crippen molar-refractivity contribution in [1.29, 1.82) is 0 Å². The van der Waals surface area contributed by atoms with Gasteiger partial charge in [-0.15, -0.1) is 11.3 Å². The molecule has 0 amide bonds. The molecule has 4 aromatic heterocycles. The summed E-state index contributed by atoms with van der Waals surface area (Å²) in [5.74, 6) is 0.955. The Labute approximate surface area is 210 Å². The van der Waals surface area contributed by atoms with Gasteiger partial charge in [-0.3, -0.25) is 4.90 Å². The Balaban J connectivity index is 1.40. The Hall–Kier alpha value is -2.68. The molecule has 35 heavy (non-hydrogen) atoms. The summed E-state index contributed by atoms with van der Waals surface area (Å²) in [7, 11) is 0. The van der Waals surface area contributed by atoms with Crippen molar-refractivity contribution in [2.45, 2.75) is 64.5 Å². The number of aromatic nitrogens is 4. The van der Waals surface area contributed by atoms with Gasteiger partial charge in [0.05, 0.1) is 18.9 Å². The average molecular weight is 491 g/mol. The van der Waals surface area contributed by atoms with E-state index >= 15 is 0 Å². The maximum atomic E-state index is 5.99. The number of nitrogens with zero attached hydrogens (tertiary/aromatic N) is 4. The molecule has 4 aromatic rings. The third kappa shape index (κ3) is 3.70. The van der Waals surface area contributed by atoms with Gasteiger partial charge in [0.2, 0.25) is 0 Å². The van der Waals surface area contributed by atoms with Crippen LogP contribution in [0.25, 0.3) is 27.1 Å². The van der Waals surface area contributed by atoms with Crippen LogP contribution in [0.15, 0.2) is 30.9 Å².